The molecule has 7 heteroatoms. The molecule has 2 aromatic rings. The van der Waals surface area contributed by atoms with Crippen molar-refractivity contribution in [3.8, 4) is 11.8 Å². The first-order valence-corrected chi connectivity index (χ1v) is 10.7. The largest absolute Gasteiger partial charge is 0.495 e. The van der Waals surface area contributed by atoms with E-state index in [9.17, 15) is 10.1 Å². The molecule has 28 heavy (non-hydrogen) atoms. The van der Waals surface area contributed by atoms with E-state index in [0.29, 0.717) is 22.6 Å². The van der Waals surface area contributed by atoms with Gasteiger partial charge in [0.15, 0.2) is 0 Å². The third kappa shape index (κ3) is 3.93. The number of methoxy groups -OCH3 is 1. The van der Waals surface area contributed by atoms with Crippen molar-refractivity contribution in [2.75, 3.05) is 18.2 Å². The zero-order valence-corrected chi connectivity index (χ0v) is 17.5. The van der Waals surface area contributed by atoms with Gasteiger partial charge in [0.05, 0.1) is 35.4 Å². The molecule has 0 aliphatic carbocycles. The van der Waals surface area contributed by atoms with Crippen LogP contribution in [0.25, 0.3) is 0 Å². The van der Waals surface area contributed by atoms with Crippen molar-refractivity contribution in [1.29, 1.82) is 5.26 Å². The van der Waals surface area contributed by atoms with Crippen LogP contribution in [0.5, 0.6) is 5.75 Å². The summed E-state index contributed by atoms with van der Waals surface area (Å²) in [4.78, 5) is 14.2. The number of anilines is 1. The zero-order valence-electron chi connectivity index (χ0n) is 15.9. The number of hydrogen-bond acceptors (Lipinski definition) is 6. The van der Waals surface area contributed by atoms with Crippen LogP contribution in [0.1, 0.15) is 24.6 Å². The van der Waals surface area contributed by atoms with Crippen LogP contribution in [0.15, 0.2) is 63.7 Å². The number of carbonyl (C=O) groups is 1. The Hall–Kier alpha value is -2.69. The van der Waals surface area contributed by atoms with Gasteiger partial charge in [-0.2, -0.15) is 5.26 Å². The topological polar surface area (TPSA) is 74.2 Å². The van der Waals surface area contributed by atoms with Gasteiger partial charge in [-0.3, -0.25) is 4.79 Å². The lowest BCUT2D eigenvalue weighted by molar-refractivity contribution is -0.113. The number of ether oxygens (including phenoxy) is 1. The van der Waals surface area contributed by atoms with E-state index >= 15 is 0 Å². The van der Waals surface area contributed by atoms with Crippen molar-refractivity contribution in [1.82, 2.24) is 5.32 Å². The summed E-state index contributed by atoms with van der Waals surface area (Å²) in [6.45, 7) is 3.92. The number of allylic oxidation sites excluding steroid dienone is 2. The number of dihydropyridines is 1. The molecule has 144 valence electrons. The normalized spacial score (nSPS) is 16.4. The molecule has 0 fully saturated rings. The Morgan fingerprint density at radius 2 is 2.14 bits per heavy atom. The molecule has 5 nitrogen and oxygen atoms in total. The predicted octanol–water partition coefficient (Wildman–Crippen LogP) is 4.84. The SMILES string of the molecule is CCSC1=C(C#N)[C@@H](c2cccs2)C(C(=O)Nc2ccccc2OC)=C(C)N1. The van der Waals surface area contributed by atoms with Gasteiger partial charge in [-0.25, -0.2) is 0 Å². The van der Waals surface area contributed by atoms with E-state index in [0.717, 1.165) is 21.4 Å². The van der Waals surface area contributed by atoms with Gasteiger partial charge in [0.2, 0.25) is 0 Å². The fourth-order valence-electron chi connectivity index (χ4n) is 3.15. The number of carbonyl (C=O) groups excluding carboxylic acids is 1. The van der Waals surface area contributed by atoms with Gasteiger partial charge >= 0.3 is 0 Å². The van der Waals surface area contributed by atoms with Gasteiger partial charge in [-0.1, -0.05) is 25.1 Å². The predicted molar refractivity (Wildman–Crippen MR) is 115 cm³/mol. The molecule has 1 aliphatic rings. The molecule has 0 radical (unpaired) electrons. The van der Waals surface area contributed by atoms with Crippen LogP contribution in [-0.2, 0) is 4.79 Å². The van der Waals surface area contributed by atoms with Crippen LogP contribution >= 0.6 is 23.1 Å². The molecular weight excluding hydrogens is 390 g/mol. The van der Waals surface area contributed by atoms with E-state index < -0.39 is 5.92 Å². The van der Waals surface area contributed by atoms with Crippen LogP contribution in [0.2, 0.25) is 0 Å². The Labute approximate surface area is 173 Å². The summed E-state index contributed by atoms with van der Waals surface area (Å²) >= 11 is 3.12. The highest BCUT2D eigenvalue weighted by molar-refractivity contribution is 8.03. The number of nitriles is 1. The van der Waals surface area contributed by atoms with Crippen LogP contribution in [0.4, 0.5) is 5.69 Å². The maximum Gasteiger partial charge on any atom is 0.254 e. The number of hydrogen-bond donors (Lipinski definition) is 2. The van der Waals surface area contributed by atoms with Gasteiger partial charge < -0.3 is 15.4 Å². The molecule has 0 saturated heterocycles. The number of thiophene rings is 1. The highest BCUT2D eigenvalue weighted by Gasteiger charge is 2.35. The van der Waals surface area contributed by atoms with E-state index in [2.05, 4.69) is 16.7 Å². The maximum atomic E-state index is 13.3. The molecular formula is C21H21N3O2S2. The molecule has 1 aromatic heterocycles. The maximum absolute atomic E-state index is 13.3. The van der Waals surface area contributed by atoms with Crippen LogP contribution in [0, 0.1) is 11.3 Å². The summed E-state index contributed by atoms with van der Waals surface area (Å²) in [6.07, 6.45) is 0. The second-order valence-electron chi connectivity index (χ2n) is 6.05. The van der Waals surface area contributed by atoms with Crippen LogP contribution < -0.4 is 15.4 Å². The lowest BCUT2D eigenvalue weighted by atomic mass is 9.86. The molecule has 1 aliphatic heterocycles. The molecule has 0 unspecified atom stereocenters. The lowest BCUT2D eigenvalue weighted by Gasteiger charge is -2.29. The summed E-state index contributed by atoms with van der Waals surface area (Å²) in [5, 5.41) is 18.9. The van der Waals surface area contributed by atoms with Crippen molar-refractivity contribution in [3.05, 3.63) is 68.5 Å². The first-order chi connectivity index (χ1) is 13.6. The number of rotatable bonds is 6. The summed E-state index contributed by atoms with van der Waals surface area (Å²) < 4.78 is 5.34. The molecule has 2 heterocycles. The average molecular weight is 412 g/mol. The molecule has 0 bridgehead atoms. The zero-order chi connectivity index (χ0) is 20.1. The first-order valence-electron chi connectivity index (χ1n) is 8.83. The van der Waals surface area contributed by atoms with Gasteiger partial charge in [0.25, 0.3) is 5.91 Å². The molecule has 1 aromatic carbocycles. The van der Waals surface area contributed by atoms with Crippen molar-refractivity contribution >= 4 is 34.7 Å². The molecule has 0 spiro atoms. The highest BCUT2D eigenvalue weighted by Crippen LogP contribution is 2.42. The van der Waals surface area contributed by atoms with Gasteiger partial charge in [0.1, 0.15) is 5.75 Å². The number of nitrogens with one attached hydrogen (secondary N) is 2. The number of para-hydroxylation sites is 2. The quantitative estimate of drug-likeness (QED) is 0.711. The molecule has 1 atom stereocenters. The molecule has 0 saturated carbocycles. The van der Waals surface area contributed by atoms with E-state index in [4.69, 9.17) is 4.74 Å². The Balaban J connectivity index is 2.03. The second-order valence-corrected chi connectivity index (χ2v) is 8.31. The number of amides is 1. The number of thioether (sulfide) groups is 1. The first kappa shape index (κ1) is 20.1. The Kier molecular flexibility index (Phi) is 6.45. The van der Waals surface area contributed by atoms with E-state index in [1.54, 1.807) is 42.3 Å². The smallest absolute Gasteiger partial charge is 0.254 e. The number of benzene rings is 1. The minimum atomic E-state index is -0.394. The standard InChI is InChI=1S/C21H21N3O2S2/c1-4-27-21-14(12-22)19(17-10-7-11-28-17)18(13(2)23-21)20(25)24-15-8-5-6-9-16(15)26-3/h5-11,19,23H,4H2,1-3H3,(H,24,25)/t19-/m0/s1. The summed E-state index contributed by atoms with van der Waals surface area (Å²) in [5.41, 5.74) is 2.47. The van der Waals surface area contributed by atoms with Crippen molar-refractivity contribution in [3.63, 3.8) is 0 Å². The van der Waals surface area contributed by atoms with Crippen molar-refractivity contribution < 1.29 is 9.53 Å². The molecule has 3 rings (SSSR count). The number of nitrogens with zero attached hydrogens (tertiary/aromatic N) is 1. The highest BCUT2D eigenvalue weighted by atomic mass is 32.2. The lowest BCUT2D eigenvalue weighted by Crippen LogP contribution is -2.30. The molecule has 1 amide bonds. The minimum Gasteiger partial charge on any atom is -0.495 e. The van der Waals surface area contributed by atoms with E-state index in [-0.39, 0.29) is 5.91 Å². The van der Waals surface area contributed by atoms with Gasteiger partial charge in [-0.05, 0) is 36.3 Å². The van der Waals surface area contributed by atoms with Crippen molar-refractivity contribution in [2.45, 2.75) is 19.8 Å². The fourth-order valence-corrected chi connectivity index (χ4v) is 4.83. The Morgan fingerprint density at radius 1 is 1.36 bits per heavy atom. The summed E-state index contributed by atoms with van der Waals surface area (Å²) in [5.74, 6) is 0.778. The minimum absolute atomic E-state index is 0.249. The monoisotopic (exact) mass is 411 g/mol. The third-order valence-corrected chi connectivity index (χ3v) is 6.20. The summed E-state index contributed by atoms with van der Waals surface area (Å²) in [6, 6.07) is 13.5. The van der Waals surface area contributed by atoms with Gasteiger partial charge in [-0.15, -0.1) is 23.1 Å². The third-order valence-electron chi connectivity index (χ3n) is 4.36. The van der Waals surface area contributed by atoms with Crippen molar-refractivity contribution in [2.24, 2.45) is 0 Å². The van der Waals surface area contributed by atoms with E-state index in [1.165, 1.54) is 0 Å². The summed E-state index contributed by atoms with van der Waals surface area (Å²) in [7, 11) is 1.57. The van der Waals surface area contributed by atoms with Crippen LogP contribution in [0.3, 0.4) is 0 Å². The van der Waals surface area contributed by atoms with Gasteiger partial charge in [0, 0.05) is 16.1 Å². The average Bonchev–Trinajstić information content (AvgIpc) is 3.22. The molecule has 2 N–H and O–H groups in total. The fraction of sp³-hybridized carbons (Fsp3) is 0.238. The second kappa shape index (κ2) is 9.00. The van der Waals surface area contributed by atoms with Crippen LogP contribution in [-0.4, -0.2) is 18.8 Å². The Morgan fingerprint density at radius 3 is 2.79 bits per heavy atom. The Bertz CT molecular complexity index is 972. The van der Waals surface area contributed by atoms with E-state index in [1.807, 2.05) is 43.5 Å².